The zero-order chi connectivity index (χ0) is 9.14. The summed E-state index contributed by atoms with van der Waals surface area (Å²) in [6, 6.07) is 1.33. The van der Waals surface area contributed by atoms with Gasteiger partial charge in [0.15, 0.2) is 0 Å². The third-order valence-corrected chi connectivity index (χ3v) is 2.26. The van der Waals surface area contributed by atoms with Gasteiger partial charge in [0.2, 0.25) is 0 Å². The number of carboxylic acid groups (broad SMARTS) is 1. The average Bonchev–Trinajstić information content (AvgIpc) is 2.50. The highest BCUT2D eigenvalue weighted by Crippen LogP contribution is 2.19. The van der Waals surface area contributed by atoms with Crippen molar-refractivity contribution < 1.29 is 9.90 Å². The Morgan fingerprint density at radius 2 is 2.50 bits per heavy atom. The molecule has 1 unspecified atom stereocenters. The van der Waals surface area contributed by atoms with Gasteiger partial charge in [-0.05, 0) is 19.8 Å². The monoisotopic (exact) mass is 168 g/mol. The molecular weight excluding hydrogens is 156 g/mol. The largest absolute Gasteiger partial charge is 0.480 e. The van der Waals surface area contributed by atoms with Crippen LogP contribution in [0.15, 0.2) is 0 Å². The Morgan fingerprint density at radius 3 is 3.00 bits per heavy atom. The maximum atomic E-state index is 10.7. The summed E-state index contributed by atoms with van der Waals surface area (Å²) >= 11 is 0. The second-order valence-electron chi connectivity index (χ2n) is 3.04. The summed E-state index contributed by atoms with van der Waals surface area (Å²) in [6.07, 6.45) is 1.55. The molecule has 0 amide bonds. The topological polar surface area (TPSA) is 64.3 Å². The van der Waals surface area contributed by atoms with Crippen molar-refractivity contribution in [3.8, 4) is 6.07 Å². The lowest BCUT2D eigenvalue weighted by atomic mass is 10.2. The molecule has 1 heterocycles. The van der Waals surface area contributed by atoms with Crippen LogP contribution in [0.4, 0.5) is 0 Å². The molecule has 1 saturated heterocycles. The van der Waals surface area contributed by atoms with E-state index in [0.29, 0.717) is 6.42 Å². The molecule has 1 fully saturated rings. The molecule has 0 aliphatic carbocycles. The van der Waals surface area contributed by atoms with E-state index >= 15 is 0 Å². The van der Waals surface area contributed by atoms with Crippen LogP contribution in [0.2, 0.25) is 0 Å². The second kappa shape index (κ2) is 3.55. The highest BCUT2D eigenvalue weighted by molar-refractivity contribution is 5.73. The second-order valence-corrected chi connectivity index (χ2v) is 3.04. The lowest BCUT2D eigenvalue weighted by molar-refractivity contribution is -0.142. The molecule has 1 aliphatic rings. The highest BCUT2D eigenvalue weighted by atomic mass is 16.4. The highest BCUT2D eigenvalue weighted by Gasteiger charge is 2.33. The minimum atomic E-state index is -0.811. The summed E-state index contributed by atoms with van der Waals surface area (Å²) in [4.78, 5) is 12.4. The molecule has 4 nitrogen and oxygen atoms in total. The maximum Gasteiger partial charge on any atom is 0.320 e. The van der Waals surface area contributed by atoms with Crippen LogP contribution in [0.3, 0.4) is 0 Å². The van der Waals surface area contributed by atoms with Gasteiger partial charge in [-0.25, -0.2) is 0 Å². The fraction of sp³-hybridized carbons (Fsp3) is 0.750. The lowest BCUT2D eigenvalue weighted by Crippen LogP contribution is -2.41. The van der Waals surface area contributed by atoms with Crippen molar-refractivity contribution in [2.24, 2.45) is 0 Å². The normalized spacial score (nSPS) is 26.5. The molecule has 4 heteroatoms. The molecule has 1 N–H and O–H groups in total. The number of nitriles is 1. The fourth-order valence-electron chi connectivity index (χ4n) is 1.59. The van der Waals surface area contributed by atoms with Crippen molar-refractivity contribution >= 4 is 5.97 Å². The molecule has 2 atom stereocenters. The van der Waals surface area contributed by atoms with Crippen LogP contribution in [0, 0.1) is 11.3 Å². The molecule has 0 bridgehead atoms. The molecule has 0 radical (unpaired) electrons. The molecule has 1 rings (SSSR count). The standard InChI is InChI=1S/C8H12N2O2/c1-6(5-9)10-4-2-3-7(10)8(11)12/h6-7H,2-4H2,1H3,(H,11,12)/t6?,7-/m0/s1. The summed E-state index contributed by atoms with van der Waals surface area (Å²) in [7, 11) is 0. The van der Waals surface area contributed by atoms with Gasteiger partial charge in [-0.3, -0.25) is 9.69 Å². The first-order valence-electron chi connectivity index (χ1n) is 4.05. The van der Waals surface area contributed by atoms with E-state index in [1.165, 1.54) is 0 Å². The number of hydrogen-bond donors (Lipinski definition) is 1. The van der Waals surface area contributed by atoms with E-state index in [0.717, 1.165) is 13.0 Å². The number of nitrogens with zero attached hydrogens (tertiary/aromatic N) is 2. The van der Waals surface area contributed by atoms with E-state index in [-0.39, 0.29) is 6.04 Å². The van der Waals surface area contributed by atoms with Crippen LogP contribution in [0.5, 0.6) is 0 Å². The molecule has 0 saturated carbocycles. The summed E-state index contributed by atoms with van der Waals surface area (Å²) in [5.74, 6) is -0.811. The fourth-order valence-corrected chi connectivity index (χ4v) is 1.59. The Morgan fingerprint density at radius 1 is 1.83 bits per heavy atom. The molecule has 0 aromatic heterocycles. The summed E-state index contributed by atoms with van der Waals surface area (Å²) in [5.41, 5.74) is 0. The quantitative estimate of drug-likeness (QED) is 0.650. The van der Waals surface area contributed by atoms with Crippen LogP contribution in [0.1, 0.15) is 19.8 Å². The summed E-state index contributed by atoms with van der Waals surface area (Å²) in [6.45, 7) is 2.47. The number of carbonyl (C=O) groups is 1. The molecule has 66 valence electrons. The Balaban J connectivity index is 2.65. The SMILES string of the molecule is CC(C#N)N1CCC[C@H]1C(=O)O. The van der Waals surface area contributed by atoms with Crippen molar-refractivity contribution in [2.75, 3.05) is 6.54 Å². The number of aliphatic carboxylic acids is 1. The van der Waals surface area contributed by atoms with Crippen molar-refractivity contribution in [1.29, 1.82) is 5.26 Å². The molecule has 0 aromatic rings. The van der Waals surface area contributed by atoms with E-state index in [1.807, 2.05) is 0 Å². The Labute approximate surface area is 71.4 Å². The van der Waals surface area contributed by atoms with Gasteiger partial charge in [-0.2, -0.15) is 5.26 Å². The first-order chi connectivity index (χ1) is 5.66. The number of likely N-dealkylation sites (tertiary alicyclic amines) is 1. The minimum Gasteiger partial charge on any atom is -0.480 e. The van der Waals surface area contributed by atoms with Crippen LogP contribution >= 0.6 is 0 Å². The molecule has 1 aliphatic heterocycles. The molecular formula is C8H12N2O2. The number of carboxylic acids is 1. The van der Waals surface area contributed by atoms with Crippen LogP contribution in [-0.4, -0.2) is 34.6 Å². The van der Waals surface area contributed by atoms with Crippen molar-refractivity contribution in [3.05, 3.63) is 0 Å². The number of rotatable bonds is 2. The molecule has 0 aromatic carbocycles. The van der Waals surface area contributed by atoms with Gasteiger partial charge < -0.3 is 5.11 Å². The predicted molar refractivity (Wildman–Crippen MR) is 42.4 cm³/mol. The van der Waals surface area contributed by atoms with Crippen molar-refractivity contribution in [2.45, 2.75) is 31.8 Å². The molecule has 0 spiro atoms. The minimum absolute atomic E-state index is 0.284. The third-order valence-electron chi connectivity index (χ3n) is 2.26. The predicted octanol–water partition coefficient (Wildman–Crippen LogP) is 0.447. The number of hydrogen-bond acceptors (Lipinski definition) is 3. The Kier molecular flexibility index (Phi) is 2.66. The van der Waals surface area contributed by atoms with Crippen molar-refractivity contribution in [1.82, 2.24) is 4.90 Å². The first kappa shape index (κ1) is 9.01. The summed E-state index contributed by atoms with van der Waals surface area (Å²) < 4.78 is 0. The van der Waals surface area contributed by atoms with Gasteiger partial charge in [0, 0.05) is 6.54 Å². The van der Waals surface area contributed by atoms with Crippen molar-refractivity contribution in [3.63, 3.8) is 0 Å². The van der Waals surface area contributed by atoms with Gasteiger partial charge in [-0.1, -0.05) is 0 Å². The van der Waals surface area contributed by atoms with Gasteiger partial charge >= 0.3 is 5.97 Å². The van der Waals surface area contributed by atoms with Crippen LogP contribution < -0.4 is 0 Å². The average molecular weight is 168 g/mol. The van der Waals surface area contributed by atoms with Crippen LogP contribution in [0.25, 0.3) is 0 Å². The van der Waals surface area contributed by atoms with Gasteiger partial charge in [0.05, 0.1) is 12.1 Å². The van der Waals surface area contributed by atoms with E-state index in [9.17, 15) is 4.79 Å². The smallest absolute Gasteiger partial charge is 0.320 e. The van der Waals surface area contributed by atoms with E-state index in [1.54, 1.807) is 11.8 Å². The third kappa shape index (κ3) is 1.56. The van der Waals surface area contributed by atoms with E-state index in [4.69, 9.17) is 10.4 Å². The Bertz CT molecular complexity index is 222. The van der Waals surface area contributed by atoms with Gasteiger partial charge in [0.1, 0.15) is 6.04 Å². The van der Waals surface area contributed by atoms with Gasteiger partial charge in [-0.15, -0.1) is 0 Å². The van der Waals surface area contributed by atoms with E-state index < -0.39 is 12.0 Å². The zero-order valence-electron chi connectivity index (χ0n) is 7.03. The molecule has 12 heavy (non-hydrogen) atoms. The summed E-state index contributed by atoms with van der Waals surface area (Å²) in [5, 5.41) is 17.4. The Hall–Kier alpha value is -1.08. The lowest BCUT2D eigenvalue weighted by Gasteiger charge is -2.22. The maximum absolute atomic E-state index is 10.7. The van der Waals surface area contributed by atoms with E-state index in [2.05, 4.69) is 6.07 Å². The van der Waals surface area contributed by atoms with Crippen LogP contribution in [-0.2, 0) is 4.79 Å². The first-order valence-corrected chi connectivity index (χ1v) is 4.05. The zero-order valence-corrected chi connectivity index (χ0v) is 7.03. The van der Waals surface area contributed by atoms with Gasteiger partial charge in [0.25, 0.3) is 0 Å².